The maximum absolute atomic E-state index is 13.8. The lowest BCUT2D eigenvalue weighted by atomic mass is 10.2. The van der Waals surface area contributed by atoms with Gasteiger partial charge in [-0.1, -0.05) is 54.1 Å². The molecule has 0 radical (unpaired) electrons. The van der Waals surface area contributed by atoms with E-state index in [9.17, 15) is 9.18 Å². The zero-order valence-electron chi connectivity index (χ0n) is 16.4. The van der Waals surface area contributed by atoms with E-state index in [2.05, 4.69) is 10.4 Å². The largest absolute Gasteiger partial charge is 0.484 e. The molecule has 0 saturated heterocycles. The van der Waals surface area contributed by atoms with Gasteiger partial charge in [-0.3, -0.25) is 4.79 Å². The summed E-state index contributed by atoms with van der Waals surface area (Å²) >= 11 is 0. The van der Waals surface area contributed by atoms with Crippen LogP contribution < -0.4 is 10.1 Å². The van der Waals surface area contributed by atoms with Crippen LogP contribution in [0, 0.1) is 12.7 Å². The predicted octanol–water partition coefficient (Wildman–Crippen LogP) is 5.00. The van der Waals surface area contributed by atoms with E-state index >= 15 is 0 Å². The highest BCUT2D eigenvalue weighted by molar-refractivity contribution is 5.92. The van der Waals surface area contributed by atoms with Crippen LogP contribution in [0.4, 0.5) is 10.2 Å². The number of aryl methyl sites for hydroxylation is 1. The Hall–Kier alpha value is -3.93. The van der Waals surface area contributed by atoms with Gasteiger partial charge < -0.3 is 10.1 Å². The Morgan fingerprint density at radius 2 is 1.77 bits per heavy atom. The van der Waals surface area contributed by atoms with Gasteiger partial charge in [-0.15, -0.1) is 0 Å². The first-order chi connectivity index (χ1) is 14.6. The maximum Gasteiger partial charge on any atom is 0.263 e. The number of anilines is 1. The zero-order valence-corrected chi connectivity index (χ0v) is 16.4. The smallest absolute Gasteiger partial charge is 0.263 e. The molecule has 1 N–H and O–H groups in total. The molecule has 30 heavy (non-hydrogen) atoms. The third kappa shape index (κ3) is 4.55. The lowest BCUT2D eigenvalue weighted by Gasteiger charge is -2.10. The summed E-state index contributed by atoms with van der Waals surface area (Å²) in [6.45, 7) is 1.83. The minimum atomic E-state index is -0.385. The third-order valence-electron chi connectivity index (χ3n) is 4.49. The van der Waals surface area contributed by atoms with E-state index in [1.54, 1.807) is 18.2 Å². The van der Waals surface area contributed by atoms with Gasteiger partial charge in [0.05, 0.1) is 11.4 Å². The average molecular weight is 401 g/mol. The molecule has 1 aromatic heterocycles. The van der Waals surface area contributed by atoms with Crippen molar-refractivity contribution in [1.82, 2.24) is 9.78 Å². The number of nitrogens with zero attached hydrogens (tertiary/aromatic N) is 2. The fourth-order valence-corrected chi connectivity index (χ4v) is 2.99. The van der Waals surface area contributed by atoms with Crippen molar-refractivity contribution in [1.29, 1.82) is 0 Å². The second-order valence-corrected chi connectivity index (χ2v) is 6.82. The van der Waals surface area contributed by atoms with Crippen molar-refractivity contribution in [3.8, 4) is 22.7 Å². The summed E-state index contributed by atoms with van der Waals surface area (Å²) in [7, 11) is 0. The lowest BCUT2D eigenvalue weighted by Crippen LogP contribution is -2.21. The molecule has 150 valence electrons. The Morgan fingerprint density at radius 3 is 2.50 bits per heavy atom. The second kappa shape index (κ2) is 8.61. The van der Waals surface area contributed by atoms with Crippen molar-refractivity contribution < 1.29 is 13.9 Å². The van der Waals surface area contributed by atoms with Crippen molar-refractivity contribution in [3.63, 3.8) is 0 Å². The van der Waals surface area contributed by atoms with Gasteiger partial charge >= 0.3 is 0 Å². The summed E-state index contributed by atoms with van der Waals surface area (Å²) in [4.78, 5) is 12.5. The summed E-state index contributed by atoms with van der Waals surface area (Å²) in [5.74, 6) is 0.313. The number of rotatable bonds is 6. The van der Waals surface area contributed by atoms with Crippen LogP contribution in [0.5, 0.6) is 5.75 Å². The highest BCUT2D eigenvalue weighted by atomic mass is 19.1. The van der Waals surface area contributed by atoms with Gasteiger partial charge in [-0.25, -0.2) is 9.07 Å². The quantitative estimate of drug-likeness (QED) is 0.494. The van der Waals surface area contributed by atoms with Crippen molar-refractivity contribution in [3.05, 3.63) is 96.3 Å². The molecule has 0 bridgehead atoms. The van der Waals surface area contributed by atoms with E-state index in [0.29, 0.717) is 22.9 Å². The fourth-order valence-electron chi connectivity index (χ4n) is 2.99. The zero-order chi connectivity index (χ0) is 20.9. The van der Waals surface area contributed by atoms with E-state index < -0.39 is 0 Å². The van der Waals surface area contributed by atoms with E-state index in [-0.39, 0.29) is 18.3 Å². The average Bonchev–Trinajstić information content (AvgIpc) is 3.18. The molecule has 1 heterocycles. The molecule has 0 saturated carbocycles. The number of aromatic nitrogens is 2. The van der Waals surface area contributed by atoms with E-state index in [4.69, 9.17) is 4.74 Å². The molecule has 4 aromatic rings. The summed E-state index contributed by atoms with van der Waals surface area (Å²) in [6.07, 6.45) is 0. The number of hydrogen-bond acceptors (Lipinski definition) is 3. The third-order valence-corrected chi connectivity index (χ3v) is 4.49. The van der Waals surface area contributed by atoms with Crippen LogP contribution in [-0.4, -0.2) is 22.3 Å². The van der Waals surface area contributed by atoms with Crippen molar-refractivity contribution in [2.45, 2.75) is 6.92 Å². The Balaban J connectivity index is 1.58. The van der Waals surface area contributed by atoms with Gasteiger partial charge in [0.1, 0.15) is 17.4 Å². The SMILES string of the molecule is Cc1ccc(OCC(=O)Nc2cc(-c3ccccc3)nn2-c2cccc(F)c2)cc1. The van der Waals surface area contributed by atoms with Gasteiger partial charge in [-0.2, -0.15) is 5.10 Å². The van der Waals surface area contributed by atoms with Gasteiger partial charge in [-0.05, 0) is 37.3 Å². The molecule has 6 heteroatoms. The number of hydrogen-bond donors (Lipinski definition) is 1. The standard InChI is InChI=1S/C24H20FN3O2/c1-17-10-12-21(13-11-17)30-16-24(29)26-23-15-22(18-6-3-2-4-7-18)27-28(23)20-9-5-8-19(25)14-20/h2-15H,16H2,1H3,(H,26,29). The Morgan fingerprint density at radius 1 is 1.00 bits per heavy atom. The van der Waals surface area contributed by atoms with E-state index in [1.807, 2.05) is 61.5 Å². The van der Waals surface area contributed by atoms with Crippen molar-refractivity contribution in [2.24, 2.45) is 0 Å². The normalized spacial score (nSPS) is 10.6. The molecule has 0 aliphatic carbocycles. The summed E-state index contributed by atoms with van der Waals surface area (Å²) < 4.78 is 20.8. The molecular formula is C24H20FN3O2. The van der Waals surface area contributed by atoms with Crippen LogP contribution in [0.3, 0.4) is 0 Å². The molecule has 0 unspecified atom stereocenters. The van der Waals surface area contributed by atoms with Gasteiger partial charge in [0.2, 0.25) is 0 Å². The summed E-state index contributed by atoms with van der Waals surface area (Å²) in [6, 6.07) is 24.8. The minimum absolute atomic E-state index is 0.155. The molecule has 1 amide bonds. The minimum Gasteiger partial charge on any atom is -0.484 e. The lowest BCUT2D eigenvalue weighted by molar-refractivity contribution is -0.118. The molecule has 0 aliphatic heterocycles. The van der Waals surface area contributed by atoms with Crippen LogP contribution in [0.25, 0.3) is 16.9 Å². The van der Waals surface area contributed by atoms with Gasteiger partial charge in [0.25, 0.3) is 5.91 Å². The first-order valence-electron chi connectivity index (χ1n) is 9.49. The molecule has 4 rings (SSSR count). The number of benzene rings is 3. The Labute approximate surface area is 173 Å². The molecule has 0 atom stereocenters. The van der Waals surface area contributed by atoms with Gasteiger partial charge in [0.15, 0.2) is 6.61 Å². The second-order valence-electron chi connectivity index (χ2n) is 6.82. The predicted molar refractivity (Wildman–Crippen MR) is 114 cm³/mol. The van der Waals surface area contributed by atoms with E-state index in [0.717, 1.165) is 11.1 Å². The van der Waals surface area contributed by atoms with Crippen LogP contribution in [0.1, 0.15) is 5.56 Å². The first-order valence-corrected chi connectivity index (χ1v) is 9.49. The number of carbonyl (C=O) groups excluding carboxylic acids is 1. The molecule has 0 spiro atoms. The van der Waals surface area contributed by atoms with Crippen LogP contribution in [-0.2, 0) is 4.79 Å². The van der Waals surface area contributed by atoms with Crippen LogP contribution in [0.15, 0.2) is 84.9 Å². The van der Waals surface area contributed by atoms with Gasteiger partial charge in [0, 0.05) is 11.6 Å². The van der Waals surface area contributed by atoms with E-state index in [1.165, 1.54) is 16.8 Å². The van der Waals surface area contributed by atoms with Crippen LogP contribution >= 0.6 is 0 Å². The maximum atomic E-state index is 13.8. The highest BCUT2D eigenvalue weighted by Crippen LogP contribution is 2.25. The number of carbonyl (C=O) groups is 1. The first kappa shape index (κ1) is 19.4. The topological polar surface area (TPSA) is 56.1 Å². The fraction of sp³-hybridized carbons (Fsp3) is 0.0833. The number of halogens is 1. The number of ether oxygens (including phenoxy) is 1. The monoisotopic (exact) mass is 401 g/mol. The summed E-state index contributed by atoms with van der Waals surface area (Å²) in [5, 5.41) is 7.38. The Bertz CT molecular complexity index is 1150. The number of nitrogens with one attached hydrogen (secondary N) is 1. The molecule has 0 aliphatic rings. The highest BCUT2D eigenvalue weighted by Gasteiger charge is 2.14. The molecule has 0 fully saturated rings. The number of amides is 1. The Kier molecular flexibility index (Phi) is 5.57. The molecule has 3 aromatic carbocycles. The van der Waals surface area contributed by atoms with Crippen LogP contribution in [0.2, 0.25) is 0 Å². The molecular weight excluding hydrogens is 381 g/mol. The molecule has 5 nitrogen and oxygen atoms in total. The van der Waals surface area contributed by atoms with Crippen molar-refractivity contribution >= 4 is 11.7 Å². The summed E-state index contributed by atoms with van der Waals surface area (Å²) in [5.41, 5.74) is 3.17. The van der Waals surface area contributed by atoms with Crippen molar-refractivity contribution in [2.75, 3.05) is 11.9 Å².